The van der Waals surface area contributed by atoms with Crippen molar-refractivity contribution in [3.8, 4) is 0 Å². The highest BCUT2D eigenvalue weighted by molar-refractivity contribution is 6.04. The van der Waals surface area contributed by atoms with E-state index in [9.17, 15) is 19.7 Å². The summed E-state index contributed by atoms with van der Waals surface area (Å²) in [6.07, 6.45) is 2.77. The van der Waals surface area contributed by atoms with Crippen LogP contribution >= 0.6 is 0 Å². The molecule has 1 N–H and O–H groups in total. The van der Waals surface area contributed by atoms with Gasteiger partial charge in [0.15, 0.2) is 6.67 Å². The molecule has 4 rings (SSSR count). The first-order valence-corrected chi connectivity index (χ1v) is 9.49. The number of rotatable bonds is 4. The summed E-state index contributed by atoms with van der Waals surface area (Å²) in [5.41, 5.74) is 1.05. The molecule has 0 bridgehead atoms. The lowest BCUT2D eigenvalue weighted by Gasteiger charge is -2.34. The number of anilines is 1. The molecular formula is C18H24N5O4+. The quantitative estimate of drug-likeness (QED) is 0.458. The Balaban J connectivity index is 1.33. The van der Waals surface area contributed by atoms with Gasteiger partial charge in [0.25, 0.3) is 11.6 Å². The van der Waals surface area contributed by atoms with Crippen LogP contribution in [0.3, 0.4) is 0 Å². The van der Waals surface area contributed by atoms with Gasteiger partial charge in [0, 0.05) is 24.4 Å². The number of amides is 3. The predicted molar refractivity (Wildman–Crippen MR) is 97.5 cm³/mol. The van der Waals surface area contributed by atoms with Gasteiger partial charge in [-0.25, -0.2) is 9.69 Å². The monoisotopic (exact) mass is 374 g/mol. The van der Waals surface area contributed by atoms with E-state index in [-0.39, 0.29) is 23.7 Å². The van der Waals surface area contributed by atoms with Crippen LogP contribution in [0.5, 0.6) is 0 Å². The number of non-ortho nitro benzene ring substituents is 1. The number of urea groups is 1. The molecule has 3 saturated heterocycles. The fourth-order valence-corrected chi connectivity index (χ4v) is 4.24. The lowest BCUT2D eigenvalue weighted by molar-refractivity contribution is -0.907. The zero-order chi connectivity index (χ0) is 19.0. The van der Waals surface area contributed by atoms with Crippen LogP contribution in [0.25, 0.3) is 0 Å². The van der Waals surface area contributed by atoms with E-state index in [0.29, 0.717) is 13.2 Å². The minimum Gasteiger partial charge on any atom is -0.360 e. The first kappa shape index (κ1) is 17.7. The molecule has 0 spiro atoms. The fourth-order valence-electron chi connectivity index (χ4n) is 4.24. The van der Waals surface area contributed by atoms with Gasteiger partial charge in [-0.1, -0.05) is 0 Å². The van der Waals surface area contributed by atoms with Crippen molar-refractivity contribution in [2.45, 2.75) is 25.3 Å². The molecule has 3 amide bonds. The van der Waals surface area contributed by atoms with Gasteiger partial charge < -0.3 is 14.7 Å². The van der Waals surface area contributed by atoms with Crippen LogP contribution in [-0.2, 0) is 4.79 Å². The van der Waals surface area contributed by atoms with Crippen molar-refractivity contribution in [1.29, 1.82) is 0 Å². The molecule has 9 heteroatoms. The van der Waals surface area contributed by atoms with Gasteiger partial charge in [-0.05, 0) is 31.4 Å². The van der Waals surface area contributed by atoms with Crippen molar-refractivity contribution >= 4 is 23.3 Å². The van der Waals surface area contributed by atoms with E-state index in [2.05, 4.69) is 4.90 Å². The number of hydrogen-bond acceptors (Lipinski definition) is 5. The minimum atomic E-state index is -0.399. The molecule has 0 radical (unpaired) electrons. The van der Waals surface area contributed by atoms with Crippen molar-refractivity contribution in [1.82, 2.24) is 9.80 Å². The number of fused-ring (bicyclic) bond motifs is 1. The third-order valence-electron chi connectivity index (χ3n) is 5.81. The molecule has 0 aliphatic carbocycles. The zero-order valence-electron chi connectivity index (χ0n) is 15.2. The Labute approximate surface area is 157 Å². The highest BCUT2D eigenvalue weighted by atomic mass is 16.6. The van der Waals surface area contributed by atoms with E-state index in [1.54, 1.807) is 17.0 Å². The van der Waals surface area contributed by atoms with Crippen LogP contribution in [0.4, 0.5) is 16.2 Å². The largest absolute Gasteiger partial charge is 0.360 e. The summed E-state index contributed by atoms with van der Waals surface area (Å²) in [5, 5.41) is 10.8. The number of imide groups is 1. The number of carbonyl (C=O) groups excluding carboxylic acids is 2. The molecule has 27 heavy (non-hydrogen) atoms. The van der Waals surface area contributed by atoms with Crippen LogP contribution in [0.15, 0.2) is 24.3 Å². The van der Waals surface area contributed by atoms with Gasteiger partial charge in [-0.2, -0.15) is 0 Å². The topological polar surface area (TPSA) is 91.4 Å². The summed E-state index contributed by atoms with van der Waals surface area (Å²) in [5.74, 6) is -0.0370. The molecule has 3 aliphatic rings. The van der Waals surface area contributed by atoms with E-state index in [1.807, 2.05) is 0 Å². The Kier molecular flexibility index (Phi) is 4.69. The van der Waals surface area contributed by atoms with Crippen LogP contribution in [0.2, 0.25) is 0 Å². The van der Waals surface area contributed by atoms with Gasteiger partial charge >= 0.3 is 6.03 Å². The number of nitro groups is 1. The number of benzene rings is 1. The van der Waals surface area contributed by atoms with E-state index in [0.717, 1.165) is 51.1 Å². The van der Waals surface area contributed by atoms with E-state index in [4.69, 9.17) is 0 Å². The number of hydrogen-bond donors (Lipinski definition) is 1. The highest BCUT2D eigenvalue weighted by Crippen LogP contribution is 2.26. The number of quaternary nitrogens is 1. The minimum absolute atomic E-state index is 0.0370. The van der Waals surface area contributed by atoms with Crippen molar-refractivity contribution in [2.24, 2.45) is 0 Å². The van der Waals surface area contributed by atoms with Crippen molar-refractivity contribution in [3.63, 3.8) is 0 Å². The molecule has 144 valence electrons. The summed E-state index contributed by atoms with van der Waals surface area (Å²) >= 11 is 0. The number of nitro benzene ring substituents is 1. The first-order chi connectivity index (χ1) is 13.0. The van der Waals surface area contributed by atoms with Gasteiger partial charge in [-0.3, -0.25) is 14.9 Å². The van der Waals surface area contributed by atoms with Gasteiger partial charge in [0.2, 0.25) is 0 Å². The third-order valence-corrected chi connectivity index (χ3v) is 5.81. The zero-order valence-corrected chi connectivity index (χ0v) is 15.2. The summed E-state index contributed by atoms with van der Waals surface area (Å²) < 4.78 is 0. The average Bonchev–Trinajstić information content (AvgIpc) is 2.94. The molecule has 0 aromatic heterocycles. The van der Waals surface area contributed by atoms with Gasteiger partial charge in [-0.15, -0.1) is 0 Å². The summed E-state index contributed by atoms with van der Waals surface area (Å²) in [6.45, 7) is 4.33. The Morgan fingerprint density at radius 2 is 1.78 bits per heavy atom. The molecule has 0 saturated carbocycles. The van der Waals surface area contributed by atoms with Crippen molar-refractivity contribution in [2.75, 3.05) is 44.3 Å². The number of piperidine rings is 1. The third kappa shape index (κ3) is 3.34. The highest BCUT2D eigenvalue weighted by Gasteiger charge is 2.47. The van der Waals surface area contributed by atoms with Crippen molar-refractivity contribution < 1.29 is 19.4 Å². The number of carbonyl (C=O) groups is 2. The van der Waals surface area contributed by atoms with E-state index < -0.39 is 4.92 Å². The summed E-state index contributed by atoms with van der Waals surface area (Å²) in [6, 6.07) is 6.21. The maximum Gasteiger partial charge on any atom is 0.331 e. The fraction of sp³-hybridized carbons (Fsp3) is 0.556. The maximum absolute atomic E-state index is 12.6. The Bertz CT molecular complexity index is 721. The van der Waals surface area contributed by atoms with Crippen LogP contribution in [0, 0.1) is 10.1 Å². The second kappa shape index (κ2) is 7.15. The van der Waals surface area contributed by atoms with Crippen molar-refractivity contribution in [3.05, 3.63) is 34.4 Å². The first-order valence-electron chi connectivity index (χ1n) is 9.49. The summed E-state index contributed by atoms with van der Waals surface area (Å²) in [4.78, 5) is 42.1. The predicted octanol–water partition coefficient (Wildman–Crippen LogP) is 0.0739. The normalized spacial score (nSPS) is 23.7. The van der Waals surface area contributed by atoms with Crippen LogP contribution in [-0.4, -0.2) is 72.1 Å². The number of piperazine rings is 1. The van der Waals surface area contributed by atoms with Crippen LogP contribution in [0.1, 0.15) is 19.3 Å². The Morgan fingerprint density at radius 1 is 1.07 bits per heavy atom. The molecule has 1 aromatic rings. The lowest BCUT2D eigenvalue weighted by atomic mass is 10.0. The second-order valence-corrected chi connectivity index (χ2v) is 7.42. The molecule has 9 nitrogen and oxygen atoms in total. The second-order valence-electron chi connectivity index (χ2n) is 7.42. The standard InChI is InChI=1S/C18H23N5O4/c24-17-16-3-1-2-8-21(16)18(25)22(17)13-19-9-11-20(12-10-19)14-4-6-15(7-5-14)23(26)27/h4-7,16H,1-3,8-13H2/p+1/t16-/m1/s1. The van der Waals surface area contributed by atoms with Gasteiger partial charge in [0.05, 0.1) is 31.1 Å². The molecular weight excluding hydrogens is 350 g/mol. The molecule has 3 fully saturated rings. The molecule has 1 aromatic carbocycles. The average molecular weight is 374 g/mol. The molecule has 0 unspecified atom stereocenters. The van der Waals surface area contributed by atoms with E-state index in [1.165, 1.54) is 21.9 Å². The smallest absolute Gasteiger partial charge is 0.331 e. The summed E-state index contributed by atoms with van der Waals surface area (Å²) in [7, 11) is 0. The lowest BCUT2D eigenvalue weighted by Crippen LogP contribution is -3.16. The molecule has 3 aliphatic heterocycles. The molecule has 3 heterocycles. The number of nitrogens with one attached hydrogen (secondary N) is 1. The Morgan fingerprint density at radius 3 is 2.41 bits per heavy atom. The molecule has 1 atom stereocenters. The Hall–Kier alpha value is -2.68. The van der Waals surface area contributed by atoms with Crippen LogP contribution < -0.4 is 9.80 Å². The van der Waals surface area contributed by atoms with E-state index >= 15 is 0 Å². The maximum atomic E-state index is 12.6. The number of nitrogens with zero attached hydrogens (tertiary/aromatic N) is 4. The van der Waals surface area contributed by atoms with Gasteiger partial charge in [0.1, 0.15) is 6.04 Å². The SMILES string of the molecule is O=C1[C@H]2CCCCN2C(=O)N1C[NH+]1CCN(c2ccc([N+](=O)[O-])cc2)CC1.